The minimum atomic E-state index is -0.433. The lowest BCUT2D eigenvalue weighted by Gasteiger charge is -2.18. The van der Waals surface area contributed by atoms with E-state index in [2.05, 4.69) is 29.2 Å². The lowest BCUT2D eigenvalue weighted by molar-refractivity contribution is 0.0941. The van der Waals surface area contributed by atoms with Gasteiger partial charge in [0.05, 0.1) is 5.69 Å². The van der Waals surface area contributed by atoms with Crippen LogP contribution < -0.4 is 10.7 Å². The molecular formula is C18H24N4O2. The summed E-state index contributed by atoms with van der Waals surface area (Å²) in [6.07, 6.45) is 0. The van der Waals surface area contributed by atoms with Gasteiger partial charge in [0, 0.05) is 24.8 Å². The molecule has 1 heterocycles. The Morgan fingerprint density at radius 1 is 1.21 bits per heavy atom. The summed E-state index contributed by atoms with van der Waals surface area (Å²) >= 11 is 0. The highest BCUT2D eigenvalue weighted by molar-refractivity contribution is 5.92. The van der Waals surface area contributed by atoms with Crippen molar-refractivity contribution in [2.24, 2.45) is 0 Å². The number of aryl methyl sites for hydroxylation is 1. The van der Waals surface area contributed by atoms with Gasteiger partial charge in [0.25, 0.3) is 5.91 Å². The molecule has 0 unspecified atom stereocenters. The predicted octanol–water partition coefficient (Wildman–Crippen LogP) is 1.61. The Bertz CT molecular complexity index is 736. The van der Waals surface area contributed by atoms with Crippen LogP contribution in [0.15, 0.2) is 41.2 Å². The molecule has 1 N–H and O–H groups in total. The van der Waals surface area contributed by atoms with Gasteiger partial charge in [0.2, 0.25) is 5.43 Å². The van der Waals surface area contributed by atoms with E-state index >= 15 is 0 Å². The maximum Gasteiger partial charge on any atom is 0.275 e. The average Bonchev–Trinajstić information content (AvgIpc) is 2.59. The Hall–Kier alpha value is -2.47. The number of benzene rings is 1. The molecule has 0 bridgehead atoms. The molecular weight excluding hydrogens is 304 g/mol. The molecule has 0 atom stereocenters. The van der Waals surface area contributed by atoms with Gasteiger partial charge in [0.15, 0.2) is 5.69 Å². The van der Waals surface area contributed by atoms with Crippen LogP contribution in [-0.2, 0) is 0 Å². The number of hydrogen-bond donors (Lipinski definition) is 1. The Balaban J connectivity index is 2.18. The molecule has 0 aliphatic rings. The van der Waals surface area contributed by atoms with Crippen molar-refractivity contribution in [2.75, 3.05) is 26.2 Å². The summed E-state index contributed by atoms with van der Waals surface area (Å²) < 4.78 is 1.61. The standard InChI is InChI=1S/C18H24N4O2/c1-4-21(5-2)12-11-19-18(24)17-16(23)13-14(3)22(20-17)15-9-7-6-8-10-15/h6-10,13H,4-5,11-12H2,1-3H3,(H,19,24). The van der Waals surface area contributed by atoms with E-state index in [1.807, 2.05) is 30.3 Å². The number of hydrogen-bond acceptors (Lipinski definition) is 4. The first-order chi connectivity index (χ1) is 11.6. The predicted molar refractivity (Wildman–Crippen MR) is 94.7 cm³/mol. The van der Waals surface area contributed by atoms with Crippen LogP contribution in [0.3, 0.4) is 0 Å². The van der Waals surface area contributed by atoms with E-state index in [9.17, 15) is 9.59 Å². The molecule has 0 aliphatic heterocycles. The zero-order valence-electron chi connectivity index (χ0n) is 14.5. The summed E-state index contributed by atoms with van der Waals surface area (Å²) in [6, 6.07) is 10.9. The number of amides is 1. The third kappa shape index (κ3) is 4.29. The molecule has 1 amide bonds. The Kier molecular flexibility index (Phi) is 6.26. The maximum atomic E-state index is 12.3. The zero-order chi connectivity index (χ0) is 17.5. The topological polar surface area (TPSA) is 67.2 Å². The number of para-hydroxylation sites is 1. The van der Waals surface area contributed by atoms with E-state index in [0.29, 0.717) is 12.2 Å². The molecule has 0 saturated heterocycles. The molecule has 0 saturated carbocycles. The highest BCUT2D eigenvalue weighted by atomic mass is 16.2. The maximum absolute atomic E-state index is 12.3. The zero-order valence-corrected chi connectivity index (χ0v) is 14.5. The van der Waals surface area contributed by atoms with Gasteiger partial charge in [-0.3, -0.25) is 9.59 Å². The van der Waals surface area contributed by atoms with Crippen LogP contribution in [0.2, 0.25) is 0 Å². The molecule has 0 fully saturated rings. The second-order valence-electron chi connectivity index (χ2n) is 5.53. The summed E-state index contributed by atoms with van der Waals surface area (Å²) in [5, 5.41) is 7.04. The van der Waals surface area contributed by atoms with Crippen LogP contribution in [0.5, 0.6) is 0 Å². The third-order valence-corrected chi connectivity index (χ3v) is 3.93. The van der Waals surface area contributed by atoms with Crippen LogP contribution in [0, 0.1) is 6.92 Å². The van der Waals surface area contributed by atoms with Crippen LogP contribution >= 0.6 is 0 Å². The van der Waals surface area contributed by atoms with E-state index in [0.717, 1.165) is 25.3 Å². The molecule has 24 heavy (non-hydrogen) atoms. The number of nitrogens with zero attached hydrogens (tertiary/aromatic N) is 3. The smallest absolute Gasteiger partial charge is 0.275 e. The molecule has 0 aliphatic carbocycles. The number of likely N-dealkylation sites (N-methyl/N-ethyl adjacent to an activating group) is 1. The van der Waals surface area contributed by atoms with Crippen LogP contribution in [0.25, 0.3) is 5.69 Å². The van der Waals surface area contributed by atoms with Gasteiger partial charge in [-0.05, 0) is 32.1 Å². The molecule has 2 rings (SSSR count). The summed E-state index contributed by atoms with van der Waals surface area (Å²) in [5.74, 6) is -0.433. The lowest BCUT2D eigenvalue weighted by Crippen LogP contribution is -2.37. The first-order valence-corrected chi connectivity index (χ1v) is 8.23. The molecule has 1 aromatic carbocycles. The molecule has 0 spiro atoms. The van der Waals surface area contributed by atoms with E-state index in [-0.39, 0.29) is 11.1 Å². The minimum absolute atomic E-state index is 0.0796. The highest BCUT2D eigenvalue weighted by Gasteiger charge is 2.15. The first kappa shape index (κ1) is 17.9. The monoisotopic (exact) mass is 328 g/mol. The molecule has 0 radical (unpaired) electrons. The van der Waals surface area contributed by atoms with E-state index < -0.39 is 5.91 Å². The fourth-order valence-corrected chi connectivity index (χ4v) is 2.49. The van der Waals surface area contributed by atoms with Gasteiger partial charge < -0.3 is 10.2 Å². The summed E-state index contributed by atoms with van der Waals surface area (Å²) in [4.78, 5) is 26.6. The van der Waals surface area contributed by atoms with Gasteiger partial charge >= 0.3 is 0 Å². The molecule has 128 valence electrons. The van der Waals surface area contributed by atoms with E-state index in [1.165, 1.54) is 6.07 Å². The van der Waals surface area contributed by atoms with Gasteiger partial charge in [-0.1, -0.05) is 32.0 Å². The number of aromatic nitrogens is 2. The molecule has 2 aromatic rings. The minimum Gasteiger partial charge on any atom is -0.349 e. The van der Waals surface area contributed by atoms with Crippen molar-refractivity contribution < 1.29 is 4.79 Å². The summed E-state index contributed by atoms with van der Waals surface area (Å²) in [5.41, 5.74) is 1.06. The van der Waals surface area contributed by atoms with Crippen LogP contribution in [0.4, 0.5) is 0 Å². The summed E-state index contributed by atoms with van der Waals surface area (Å²) in [6.45, 7) is 9.03. The van der Waals surface area contributed by atoms with Crippen molar-refractivity contribution >= 4 is 5.91 Å². The molecule has 1 aromatic heterocycles. The quantitative estimate of drug-likeness (QED) is 0.838. The van der Waals surface area contributed by atoms with Crippen molar-refractivity contribution in [3.63, 3.8) is 0 Å². The van der Waals surface area contributed by atoms with Gasteiger partial charge in [0.1, 0.15) is 0 Å². The lowest BCUT2D eigenvalue weighted by atomic mass is 10.2. The van der Waals surface area contributed by atoms with Gasteiger partial charge in [-0.15, -0.1) is 0 Å². The number of nitrogens with one attached hydrogen (secondary N) is 1. The van der Waals surface area contributed by atoms with Gasteiger partial charge in [-0.2, -0.15) is 5.10 Å². The first-order valence-electron chi connectivity index (χ1n) is 8.23. The molecule has 6 nitrogen and oxygen atoms in total. The van der Waals surface area contributed by atoms with Crippen molar-refractivity contribution in [2.45, 2.75) is 20.8 Å². The SMILES string of the molecule is CCN(CC)CCNC(=O)c1nn(-c2ccccc2)c(C)cc1=O. The van der Waals surface area contributed by atoms with E-state index in [4.69, 9.17) is 0 Å². The third-order valence-electron chi connectivity index (χ3n) is 3.93. The summed E-state index contributed by atoms with van der Waals surface area (Å²) in [7, 11) is 0. The van der Waals surface area contributed by atoms with Gasteiger partial charge in [-0.25, -0.2) is 4.68 Å². The fourth-order valence-electron chi connectivity index (χ4n) is 2.49. The van der Waals surface area contributed by atoms with Crippen molar-refractivity contribution in [3.8, 4) is 5.69 Å². The number of carbonyl (C=O) groups excluding carboxylic acids is 1. The highest BCUT2D eigenvalue weighted by Crippen LogP contribution is 2.07. The van der Waals surface area contributed by atoms with Crippen molar-refractivity contribution in [1.29, 1.82) is 0 Å². The second kappa shape index (κ2) is 8.40. The second-order valence-corrected chi connectivity index (χ2v) is 5.53. The van der Waals surface area contributed by atoms with E-state index in [1.54, 1.807) is 11.6 Å². The fraction of sp³-hybridized carbons (Fsp3) is 0.389. The van der Waals surface area contributed by atoms with Crippen LogP contribution in [0.1, 0.15) is 30.0 Å². The number of rotatable bonds is 7. The molecule has 6 heteroatoms. The van der Waals surface area contributed by atoms with Crippen molar-refractivity contribution in [1.82, 2.24) is 20.0 Å². The number of carbonyl (C=O) groups is 1. The Morgan fingerprint density at radius 3 is 2.50 bits per heavy atom. The van der Waals surface area contributed by atoms with Crippen molar-refractivity contribution in [3.05, 3.63) is 58.0 Å². The normalized spacial score (nSPS) is 10.8. The Morgan fingerprint density at radius 2 is 1.88 bits per heavy atom. The largest absolute Gasteiger partial charge is 0.349 e. The van der Waals surface area contributed by atoms with Crippen LogP contribution in [-0.4, -0.2) is 46.8 Å². The Labute approximate surface area is 142 Å². The average molecular weight is 328 g/mol.